The Morgan fingerprint density at radius 3 is 2.53 bits per heavy atom. The number of hydrogen-bond acceptors (Lipinski definition) is 4. The van der Waals surface area contributed by atoms with Gasteiger partial charge in [-0.25, -0.2) is 4.98 Å². The molecule has 3 nitrogen and oxygen atoms in total. The van der Waals surface area contributed by atoms with Crippen LogP contribution >= 0.6 is 11.3 Å². The molecule has 0 spiro atoms. The first-order chi connectivity index (χ1) is 6.94. The van der Waals surface area contributed by atoms with Crippen molar-refractivity contribution in [3.05, 3.63) is 15.6 Å². The molecule has 15 heavy (non-hydrogen) atoms. The first-order valence-electron chi connectivity index (χ1n) is 4.98. The van der Waals surface area contributed by atoms with Crippen molar-refractivity contribution < 1.29 is 9.53 Å². The Labute approximate surface area is 94.5 Å². The summed E-state index contributed by atoms with van der Waals surface area (Å²) >= 11 is 1.44. The molecule has 0 bridgehead atoms. The third kappa shape index (κ3) is 2.26. The van der Waals surface area contributed by atoms with Gasteiger partial charge < -0.3 is 4.74 Å². The van der Waals surface area contributed by atoms with Gasteiger partial charge in [0.05, 0.1) is 10.6 Å². The second-order valence-corrected chi connectivity index (χ2v) is 4.78. The number of rotatable bonds is 4. The zero-order valence-corrected chi connectivity index (χ0v) is 10.7. The highest BCUT2D eigenvalue weighted by atomic mass is 32.1. The molecule has 84 valence electrons. The Hall–Kier alpha value is -0.740. The number of nitrogens with zero attached hydrogens (tertiary/aromatic N) is 1. The lowest BCUT2D eigenvalue weighted by Crippen LogP contribution is -2.22. The van der Waals surface area contributed by atoms with Gasteiger partial charge in [-0.05, 0) is 20.3 Å². The van der Waals surface area contributed by atoms with Crippen molar-refractivity contribution in [2.24, 2.45) is 0 Å². The summed E-state index contributed by atoms with van der Waals surface area (Å²) in [5, 5.41) is 0.884. The first-order valence-corrected chi connectivity index (χ1v) is 5.80. The number of ether oxygens (including phenoxy) is 1. The van der Waals surface area contributed by atoms with E-state index in [1.54, 1.807) is 14.0 Å². The number of aryl methyl sites for hydroxylation is 1. The average molecular weight is 227 g/mol. The number of methoxy groups -OCH3 is 1. The molecule has 4 heteroatoms. The highest BCUT2D eigenvalue weighted by molar-refractivity contribution is 7.14. The zero-order valence-electron chi connectivity index (χ0n) is 9.88. The van der Waals surface area contributed by atoms with Crippen LogP contribution in [0.5, 0.6) is 0 Å². The number of carbonyl (C=O) groups is 1. The predicted molar refractivity (Wildman–Crippen MR) is 61.5 cm³/mol. The SMILES string of the molecule is CCC(C)(OC)c1nc(C)c(C(C)=O)s1. The van der Waals surface area contributed by atoms with Crippen LogP contribution in [0.2, 0.25) is 0 Å². The highest BCUT2D eigenvalue weighted by Crippen LogP contribution is 2.33. The maximum Gasteiger partial charge on any atom is 0.171 e. The third-order valence-corrected chi connectivity index (χ3v) is 4.20. The van der Waals surface area contributed by atoms with Gasteiger partial charge in [0.2, 0.25) is 0 Å². The van der Waals surface area contributed by atoms with E-state index in [-0.39, 0.29) is 11.4 Å². The fraction of sp³-hybridized carbons (Fsp3) is 0.636. The average Bonchev–Trinajstić information content (AvgIpc) is 2.59. The molecule has 1 unspecified atom stereocenters. The third-order valence-electron chi connectivity index (χ3n) is 2.69. The molecule has 0 aliphatic carbocycles. The van der Waals surface area contributed by atoms with E-state index in [1.165, 1.54) is 11.3 Å². The largest absolute Gasteiger partial charge is 0.371 e. The van der Waals surface area contributed by atoms with Gasteiger partial charge in [-0.3, -0.25) is 4.79 Å². The topological polar surface area (TPSA) is 39.2 Å². The molecule has 0 fully saturated rings. The number of thiazole rings is 1. The molecule has 0 saturated heterocycles. The smallest absolute Gasteiger partial charge is 0.171 e. The molecule has 1 heterocycles. The van der Waals surface area contributed by atoms with E-state index < -0.39 is 0 Å². The number of aromatic nitrogens is 1. The summed E-state index contributed by atoms with van der Waals surface area (Å²) in [5.41, 5.74) is 0.433. The molecular formula is C11H17NO2S. The molecule has 0 aromatic carbocycles. The maximum atomic E-state index is 11.3. The van der Waals surface area contributed by atoms with E-state index in [4.69, 9.17) is 4.74 Å². The molecule has 0 N–H and O–H groups in total. The molecule has 0 aliphatic rings. The Morgan fingerprint density at radius 1 is 1.60 bits per heavy atom. The van der Waals surface area contributed by atoms with Crippen molar-refractivity contribution >= 4 is 17.1 Å². The maximum absolute atomic E-state index is 11.3. The summed E-state index contributed by atoms with van der Waals surface area (Å²) in [5.74, 6) is 0.0748. The number of hydrogen-bond donors (Lipinski definition) is 0. The van der Waals surface area contributed by atoms with E-state index in [2.05, 4.69) is 4.98 Å². The molecule has 1 atom stereocenters. The van der Waals surface area contributed by atoms with E-state index in [1.807, 2.05) is 20.8 Å². The minimum absolute atomic E-state index is 0.0748. The van der Waals surface area contributed by atoms with Gasteiger partial charge in [-0.15, -0.1) is 11.3 Å². The summed E-state index contributed by atoms with van der Waals surface area (Å²) < 4.78 is 5.46. The molecule has 1 rings (SSSR count). The molecule has 0 aliphatic heterocycles. The van der Waals surface area contributed by atoms with Crippen molar-refractivity contribution in [1.29, 1.82) is 0 Å². The summed E-state index contributed by atoms with van der Waals surface area (Å²) in [6.07, 6.45) is 0.841. The van der Waals surface area contributed by atoms with Gasteiger partial charge in [0.15, 0.2) is 5.78 Å². The monoisotopic (exact) mass is 227 g/mol. The molecular weight excluding hydrogens is 210 g/mol. The van der Waals surface area contributed by atoms with Gasteiger partial charge in [-0.1, -0.05) is 6.92 Å². The van der Waals surface area contributed by atoms with E-state index in [9.17, 15) is 4.79 Å². The van der Waals surface area contributed by atoms with E-state index in [0.717, 1.165) is 22.0 Å². The minimum Gasteiger partial charge on any atom is -0.371 e. The zero-order chi connectivity index (χ0) is 11.6. The van der Waals surface area contributed by atoms with Crippen LogP contribution in [0.3, 0.4) is 0 Å². The van der Waals surface area contributed by atoms with Crippen LogP contribution in [0.15, 0.2) is 0 Å². The summed E-state index contributed by atoms with van der Waals surface area (Å²) in [6.45, 7) is 7.48. The van der Waals surface area contributed by atoms with Crippen molar-refractivity contribution in [3.8, 4) is 0 Å². The van der Waals surface area contributed by atoms with Gasteiger partial charge in [0.25, 0.3) is 0 Å². The van der Waals surface area contributed by atoms with Gasteiger partial charge in [-0.2, -0.15) is 0 Å². The Bertz CT molecular complexity index is 367. The normalized spacial score (nSPS) is 15.0. The van der Waals surface area contributed by atoms with E-state index >= 15 is 0 Å². The lowest BCUT2D eigenvalue weighted by molar-refractivity contribution is -0.00163. The molecule has 0 amide bonds. The van der Waals surface area contributed by atoms with Gasteiger partial charge in [0.1, 0.15) is 10.6 Å². The fourth-order valence-corrected chi connectivity index (χ4v) is 2.49. The lowest BCUT2D eigenvalue weighted by atomic mass is 10.1. The molecule has 0 saturated carbocycles. The number of Topliss-reactive ketones (excluding diaryl/α,β-unsaturated/α-hetero) is 1. The fourth-order valence-electron chi connectivity index (χ4n) is 1.33. The molecule has 1 aromatic heterocycles. The second-order valence-electron chi connectivity index (χ2n) is 3.78. The van der Waals surface area contributed by atoms with Crippen LogP contribution in [0, 0.1) is 6.92 Å². The Balaban J connectivity index is 3.17. The van der Waals surface area contributed by atoms with Gasteiger partial charge in [0, 0.05) is 14.0 Å². The summed E-state index contributed by atoms with van der Waals surface area (Å²) in [7, 11) is 1.67. The van der Waals surface area contributed by atoms with Crippen molar-refractivity contribution in [2.75, 3.05) is 7.11 Å². The van der Waals surface area contributed by atoms with Crippen LogP contribution in [0.4, 0.5) is 0 Å². The Morgan fingerprint density at radius 2 is 2.20 bits per heavy atom. The van der Waals surface area contributed by atoms with Crippen molar-refractivity contribution in [3.63, 3.8) is 0 Å². The van der Waals surface area contributed by atoms with Crippen LogP contribution < -0.4 is 0 Å². The number of ketones is 1. The summed E-state index contributed by atoms with van der Waals surface area (Å²) in [6, 6.07) is 0. The number of carbonyl (C=O) groups excluding carboxylic acids is 1. The predicted octanol–water partition coefficient (Wildman–Crippen LogP) is 2.93. The van der Waals surface area contributed by atoms with E-state index in [0.29, 0.717) is 0 Å². The van der Waals surface area contributed by atoms with Crippen LogP contribution in [0.25, 0.3) is 0 Å². The standard InChI is InChI=1S/C11H17NO2S/c1-6-11(4,14-5)10-12-7(2)9(15-10)8(3)13/h6H2,1-5H3. The quantitative estimate of drug-likeness (QED) is 0.742. The first kappa shape index (κ1) is 12.3. The lowest BCUT2D eigenvalue weighted by Gasteiger charge is -2.23. The highest BCUT2D eigenvalue weighted by Gasteiger charge is 2.29. The van der Waals surface area contributed by atoms with Crippen molar-refractivity contribution in [1.82, 2.24) is 4.98 Å². The Kier molecular flexibility index (Phi) is 3.62. The van der Waals surface area contributed by atoms with Gasteiger partial charge >= 0.3 is 0 Å². The summed E-state index contributed by atoms with van der Waals surface area (Å²) in [4.78, 5) is 16.5. The van der Waals surface area contributed by atoms with Crippen LogP contribution in [0.1, 0.15) is 47.6 Å². The molecule has 0 radical (unpaired) electrons. The molecule has 1 aromatic rings. The second kappa shape index (κ2) is 4.41. The minimum atomic E-state index is -0.372. The van der Waals surface area contributed by atoms with Crippen LogP contribution in [-0.2, 0) is 10.3 Å². The van der Waals surface area contributed by atoms with Crippen LogP contribution in [-0.4, -0.2) is 17.9 Å². The van der Waals surface area contributed by atoms with Crippen molar-refractivity contribution in [2.45, 2.75) is 39.7 Å².